The molecule has 0 aromatic carbocycles. The lowest BCUT2D eigenvalue weighted by Crippen LogP contribution is -2.31. The number of nitrogens with zero attached hydrogens (tertiary/aromatic N) is 2. The minimum absolute atomic E-state index is 0.676. The van der Waals surface area contributed by atoms with Gasteiger partial charge in [-0.05, 0) is 51.6 Å². The van der Waals surface area contributed by atoms with Gasteiger partial charge in [-0.2, -0.15) is 5.10 Å². The second-order valence-corrected chi connectivity index (χ2v) is 5.81. The van der Waals surface area contributed by atoms with E-state index in [4.69, 9.17) is 0 Å². The standard InChI is InChI=1S/C16H31N3/c1-6-13(3)11-16(7-2)17-9-8-10-19-15(5)12-14(4)18-19/h12-13,16-17H,6-11H2,1-5H3. The summed E-state index contributed by atoms with van der Waals surface area (Å²) in [4.78, 5) is 0. The van der Waals surface area contributed by atoms with Crippen LogP contribution in [-0.2, 0) is 6.54 Å². The quantitative estimate of drug-likeness (QED) is 0.690. The van der Waals surface area contributed by atoms with Gasteiger partial charge in [0.05, 0.1) is 5.69 Å². The van der Waals surface area contributed by atoms with Crippen LogP contribution in [0.2, 0.25) is 0 Å². The molecule has 0 saturated carbocycles. The van der Waals surface area contributed by atoms with Gasteiger partial charge in [-0.15, -0.1) is 0 Å². The van der Waals surface area contributed by atoms with Crippen LogP contribution in [0, 0.1) is 19.8 Å². The monoisotopic (exact) mass is 265 g/mol. The van der Waals surface area contributed by atoms with Crippen molar-refractivity contribution in [2.75, 3.05) is 6.54 Å². The molecule has 0 fully saturated rings. The molecule has 0 radical (unpaired) electrons. The average molecular weight is 265 g/mol. The summed E-state index contributed by atoms with van der Waals surface area (Å²) in [5.74, 6) is 0.827. The Hall–Kier alpha value is -0.830. The highest BCUT2D eigenvalue weighted by atomic mass is 15.3. The van der Waals surface area contributed by atoms with Gasteiger partial charge < -0.3 is 5.32 Å². The third-order valence-electron chi connectivity index (χ3n) is 3.96. The first-order valence-electron chi connectivity index (χ1n) is 7.81. The molecule has 0 aliphatic carbocycles. The van der Waals surface area contributed by atoms with Crippen LogP contribution in [0.5, 0.6) is 0 Å². The molecule has 2 unspecified atom stereocenters. The molecule has 1 rings (SSSR count). The molecule has 0 amide bonds. The van der Waals surface area contributed by atoms with Gasteiger partial charge in [-0.3, -0.25) is 4.68 Å². The van der Waals surface area contributed by atoms with Crippen LogP contribution in [0.25, 0.3) is 0 Å². The summed E-state index contributed by atoms with van der Waals surface area (Å²) < 4.78 is 2.12. The molecule has 1 N–H and O–H groups in total. The van der Waals surface area contributed by atoms with Crippen molar-refractivity contribution in [2.24, 2.45) is 5.92 Å². The minimum Gasteiger partial charge on any atom is -0.314 e. The van der Waals surface area contributed by atoms with Crippen LogP contribution in [0.4, 0.5) is 0 Å². The van der Waals surface area contributed by atoms with Crippen LogP contribution < -0.4 is 5.32 Å². The molecule has 1 heterocycles. The summed E-state index contributed by atoms with van der Waals surface area (Å²) in [6.07, 6.45) is 4.96. The fraction of sp³-hybridized carbons (Fsp3) is 0.812. The van der Waals surface area contributed by atoms with Crippen molar-refractivity contribution in [1.29, 1.82) is 0 Å². The zero-order chi connectivity index (χ0) is 14.3. The summed E-state index contributed by atoms with van der Waals surface area (Å²) in [6.45, 7) is 13.2. The van der Waals surface area contributed by atoms with E-state index in [0.717, 1.165) is 31.1 Å². The van der Waals surface area contributed by atoms with Crippen molar-refractivity contribution in [3.63, 3.8) is 0 Å². The maximum atomic E-state index is 4.50. The van der Waals surface area contributed by atoms with Gasteiger partial charge in [0.25, 0.3) is 0 Å². The van der Waals surface area contributed by atoms with Gasteiger partial charge in [0.1, 0.15) is 0 Å². The molecule has 0 aliphatic rings. The van der Waals surface area contributed by atoms with Crippen LogP contribution in [0.15, 0.2) is 6.07 Å². The Morgan fingerprint density at radius 1 is 1.26 bits per heavy atom. The Labute approximate surface area is 118 Å². The van der Waals surface area contributed by atoms with E-state index >= 15 is 0 Å². The Morgan fingerprint density at radius 3 is 2.53 bits per heavy atom. The number of nitrogens with one attached hydrogen (secondary N) is 1. The van der Waals surface area contributed by atoms with E-state index in [0.29, 0.717) is 6.04 Å². The summed E-state index contributed by atoms with van der Waals surface area (Å²) >= 11 is 0. The molecule has 19 heavy (non-hydrogen) atoms. The van der Waals surface area contributed by atoms with E-state index in [-0.39, 0.29) is 0 Å². The van der Waals surface area contributed by atoms with Gasteiger partial charge >= 0.3 is 0 Å². The SMILES string of the molecule is CCC(C)CC(CC)NCCCn1nc(C)cc1C. The first-order valence-corrected chi connectivity index (χ1v) is 7.81. The Bertz CT molecular complexity index is 357. The Balaban J connectivity index is 2.23. The third kappa shape index (κ3) is 5.77. The lowest BCUT2D eigenvalue weighted by molar-refractivity contribution is 0.378. The lowest BCUT2D eigenvalue weighted by Gasteiger charge is -2.20. The molecule has 1 aromatic rings. The summed E-state index contributed by atoms with van der Waals surface area (Å²) in [6, 6.07) is 2.82. The zero-order valence-electron chi connectivity index (χ0n) is 13.4. The van der Waals surface area contributed by atoms with E-state index in [9.17, 15) is 0 Å². The van der Waals surface area contributed by atoms with Crippen molar-refractivity contribution in [2.45, 2.75) is 72.9 Å². The number of rotatable bonds is 9. The summed E-state index contributed by atoms with van der Waals surface area (Å²) in [5, 5.41) is 8.19. The first kappa shape index (κ1) is 16.2. The third-order valence-corrected chi connectivity index (χ3v) is 3.96. The Kier molecular flexibility index (Phi) is 7.14. The van der Waals surface area contributed by atoms with E-state index in [2.05, 4.69) is 55.8 Å². The minimum atomic E-state index is 0.676. The average Bonchev–Trinajstić information content (AvgIpc) is 2.71. The molecule has 0 aliphatic heterocycles. The highest BCUT2D eigenvalue weighted by Crippen LogP contribution is 2.12. The zero-order valence-corrected chi connectivity index (χ0v) is 13.4. The van der Waals surface area contributed by atoms with Gasteiger partial charge in [-0.1, -0.05) is 27.2 Å². The number of aromatic nitrogens is 2. The summed E-state index contributed by atoms with van der Waals surface area (Å²) in [5.41, 5.74) is 2.39. The van der Waals surface area contributed by atoms with Crippen molar-refractivity contribution in [3.8, 4) is 0 Å². The molecule has 1 aromatic heterocycles. The molecular weight excluding hydrogens is 234 g/mol. The fourth-order valence-electron chi connectivity index (χ4n) is 2.48. The maximum Gasteiger partial charge on any atom is 0.0596 e. The predicted molar refractivity (Wildman–Crippen MR) is 82.5 cm³/mol. The number of aryl methyl sites for hydroxylation is 3. The van der Waals surface area contributed by atoms with E-state index in [1.54, 1.807) is 0 Å². The molecule has 3 nitrogen and oxygen atoms in total. The normalized spacial score (nSPS) is 14.6. The van der Waals surface area contributed by atoms with Crippen molar-refractivity contribution in [3.05, 3.63) is 17.5 Å². The van der Waals surface area contributed by atoms with Crippen molar-refractivity contribution >= 4 is 0 Å². The van der Waals surface area contributed by atoms with E-state index < -0.39 is 0 Å². The highest BCUT2D eigenvalue weighted by molar-refractivity contribution is 5.06. The van der Waals surface area contributed by atoms with Crippen LogP contribution in [0.1, 0.15) is 57.8 Å². The predicted octanol–water partition coefficient (Wildman–Crippen LogP) is 3.69. The van der Waals surface area contributed by atoms with Gasteiger partial charge in [0.2, 0.25) is 0 Å². The molecule has 0 saturated heterocycles. The molecular formula is C16H31N3. The molecule has 3 heteroatoms. The lowest BCUT2D eigenvalue weighted by atomic mass is 9.98. The van der Waals surface area contributed by atoms with Crippen LogP contribution in [-0.4, -0.2) is 22.4 Å². The maximum absolute atomic E-state index is 4.50. The highest BCUT2D eigenvalue weighted by Gasteiger charge is 2.09. The largest absolute Gasteiger partial charge is 0.314 e. The first-order chi connectivity index (χ1) is 9.06. The fourth-order valence-corrected chi connectivity index (χ4v) is 2.48. The van der Waals surface area contributed by atoms with Crippen LogP contribution >= 0.6 is 0 Å². The van der Waals surface area contributed by atoms with Crippen molar-refractivity contribution < 1.29 is 0 Å². The topological polar surface area (TPSA) is 29.9 Å². The number of hydrogen-bond acceptors (Lipinski definition) is 2. The second kappa shape index (κ2) is 8.36. The van der Waals surface area contributed by atoms with Gasteiger partial charge in [-0.25, -0.2) is 0 Å². The van der Waals surface area contributed by atoms with Gasteiger partial charge in [0, 0.05) is 18.3 Å². The van der Waals surface area contributed by atoms with E-state index in [1.807, 2.05) is 0 Å². The summed E-state index contributed by atoms with van der Waals surface area (Å²) in [7, 11) is 0. The molecule has 0 bridgehead atoms. The van der Waals surface area contributed by atoms with Crippen molar-refractivity contribution in [1.82, 2.24) is 15.1 Å². The van der Waals surface area contributed by atoms with E-state index in [1.165, 1.54) is 25.0 Å². The number of hydrogen-bond donors (Lipinski definition) is 1. The molecule has 0 spiro atoms. The van der Waals surface area contributed by atoms with Crippen LogP contribution in [0.3, 0.4) is 0 Å². The Morgan fingerprint density at radius 2 is 2.00 bits per heavy atom. The molecule has 110 valence electrons. The second-order valence-electron chi connectivity index (χ2n) is 5.81. The smallest absolute Gasteiger partial charge is 0.0596 e. The molecule has 2 atom stereocenters. The van der Waals surface area contributed by atoms with Gasteiger partial charge in [0.15, 0.2) is 0 Å².